The molecule has 1 aromatic rings. The van der Waals surface area contributed by atoms with Crippen molar-refractivity contribution in [3.63, 3.8) is 0 Å². The summed E-state index contributed by atoms with van der Waals surface area (Å²) in [6, 6.07) is 7.87. The van der Waals surface area contributed by atoms with Crippen LogP contribution in [0.1, 0.15) is 44.7 Å². The monoisotopic (exact) mass is 523 g/mol. The number of sulfonamides is 1. The van der Waals surface area contributed by atoms with Gasteiger partial charge in [-0.15, -0.1) is 24.0 Å². The van der Waals surface area contributed by atoms with Crippen LogP contribution in [-0.4, -0.2) is 51.0 Å². The van der Waals surface area contributed by atoms with Gasteiger partial charge in [0, 0.05) is 18.6 Å². The molecule has 1 aliphatic rings. The number of nitrogens with two attached hydrogens (primary N) is 1. The fraction of sp³-hybridized carbons (Fsp3) is 0.632. The maximum absolute atomic E-state index is 12.0. The van der Waals surface area contributed by atoms with Crippen molar-refractivity contribution in [2.75, 3.05) is 19.6 Å². The minimum Gasteiger partial charge on any atom is -0.370 e. The molecular weight excluding hydrogens is 489 g/mol. The van der Waals surface area contributed by atoms with E-state index in [4.69, 9.17) is 5.73 Å². The van der Waals surface area contributed by atoms with Gasteiger partial charge in [0.1, 0.15) is 0 Å². The molecule has 1 unspecified atom stereocenters. The van der Waals surface area contributed by atoms with E-state index in [9.17, 15) is 8.42 Å². The number of hydrogen-bond donors (Lipinski definition) is 3. The molecule has 1 fully saturated rings. The highest BCUT2D eigenvalue weighted by atomic mass is 127. The number of guanidine groups is 1. The van der Waals surface area contributed by atoms with Crippen molar-refractivity contribution in [1.29, 1.82) is 0 Å². The van der Waals surface area contributed by atoms with Crippen LogP contribution in [0.5, 0.6) is 0 Å². The molecule has 0 aromatic heterocycles. The summed E-state index contributed by atoms with van der Waals surface area (Å²) in [5.41, 5.74) is 7.73. The first kappa shape index (κ1) is 25.1. The first-order valence-corrected chi connectivity index (χ1v) is 11.3. The molecule has 0 aliphatic carbocycles. The number of rotatable bonds is 9. The van der Waals surface area contributed by atoms with Crippen LogP contribution in [0, 0.1) is 0 Å². The van der Waals surface area contributed by atoms with Crippen LogP contribution >= 0.6 is 24.0 Å². The summed E-state index contributed by atoms with van der Waals surface area (Å²) in [4.78, 5) is 6.84. The molecule has 28 heavy (non-hydrogen) atoms. The van der Waals surface area contributed by atoms with Crippen LogP contribution in [-0.2, 0) is 22.3 Å². The van der Waals surface area contributed by atoms with E-state index in [0.717, 1.165) is 30.8 Å². The van der Waals surface area contributed by atoms with Gasteiger partial charge in [0.15, 0.2) is 5.96 Å². The summed E-state index contributed by atoms with van der Waals surface area (Å²) in [5.74, 6) is 0.430. The second-order valence-electron chi connectivity index (χ2n) is 7.36. The zero-order chi connectivity index (χ0) is 19.9. The maximum atomic E-state index is 12.0. The van der Waals surface area contributed by atoms with Gasteiger partial charge in [-0.25, -0.2) is 18.1 Å². The van der Waals surface area contributed by atoms with Crippen molar-refractivity contribution in [3.05, 3.63) is 35.4 Å². The van der Waals surface area contributed by atoms with Crippen molar-refractivity contribution >= 4 is 40.0 Å². The molecule has 1 saturated heterocycles. The number of halogens is 1. The van der Waals surface area contributed by atoms with E-state index in [1.807, 2.05) is 38.1 Å². The lowest BCUT2D eigenvalue weighted by Gasteiger charge is -2.23. The van der Waals surface area contributed by atoms with E-state index in [-0.39, 0.29) is 35.8 Å². The summed E-state index contributed by atoms with van der Waals surface area (Å²) in [6.45, 7) is 9.32. The minimum atomic E-state index is -3.31. The Kier molecular flexibility index (Phi) is 10.7. The van der Waals surface area contributed by atoms with Crippen LogP contribution in [0.2, 0.25) is 0 Å². The average Bonchev–Trinajstić information content (AvgIpc) is 3.05. The Morgan fingerprint density at radius 1 is 1.29 bits per heavy atom. The van der Waals surface area contributed by atoms with Crippen molar-refractivity contribution in [3.8, 4) is 0 Å². The van der Waals surface area contributed by atoms with Gasteiger partial charge in [-0.3, -0.25) is 4.90 Å². The molecule has 1 atom stereocenters. The number of aliphatic imine (C=N–C) groups is 1. The first-order chi connectivity index (χ1) is 12.8. The lowest BCUT2D eigenvalue weighted by atomic mass is 10.1. The predicted octanol–water partition coefficient (Wildman–Crippen LogP) is 2.02. The molecule has 9 heteroatoms. The number of benzene rings is 1. The Hall–Kier alpha value is -0.910. The van der Waals surface area contributed by atoms with Gasteiger partial charge in [-0.1, -0.05) is 31.2 Å². The number of hydrogen-bond acceptors (Lipinski definition) is 4. The van der Waals surface area contributed by atoms with Crippen molar-refractivity contribution < 1.29 is 8.42 Å². The summed E-state index contributed by atoms with van der Waals surface area (Å²) < 4.78 is 26.5. The fourth-order valence-corrected chi connectivity index (χ4v) is 4.79. The Morgan fingerprint density at radius 3 is 2.54 bits per heavy atom. The Labute approximate surface area is 186 Å². The fourth-order valence-electron chi connectivity index (χ4n) is 3.36. The van der Waals surface area contributed by atoms with Crippen LogP contribution < -0.4 is 15.8 Å². The smallest absolute Gasteiger partial charge is 0.216 e. The Balaban J connectivity index is 0.00000392. The van der Waals surface area contributed by atoms with E-state index >= 15 is 0 Å². The topological polar surface area (TPSA) is 99.8 Å². The summed E-state index contributed by atoms with van der Waals surface area (Å²) in [6.07, 6.45) is 2.44. The third kappa shape index (κ3) is 8.62. The van der Waals surface area contributed by atoms with Crippen LogP contribution in [0.25, 0.3) is 0 Å². The van der Waals surface area contributed by atoms with E-state index in [1.165, 1.54) is 12.8 Å². The number of likely N-dealkylation sites (N-methyl/N-ethyl adjacent to an activating group) is 1. The quantitative estimate of drug-likeness (QED) is 0.261. The molecule has 0 spiro atoms. The van der Waals surface area contributed by atoms with Gasteiger partial charge in [0.2, 0.25) is 10.0 Å². The van der Waals surface area contributed by atoms with E-state index in [1.54, 1.807) is 0 Å². The number of likely N-dealkylation sites (tertiary alicyclic amines) is 1. The van der Waals surface area contributed by atoms with Gasteiger partial charge in [0.05, 0.1) is 12.3 Å². The molecule has 4 N–H and O–H groups in total. The molecule has 1 heterocycles. The average molecular weight is 523 g/mol. The molecule has 0 bridgehead atoms. The van der Waals surface area contributed by atoms with Gasteiger partial charge in [0.25, 0.3) is 0 Å². The largest absolute Gasteiger partial charge is 0.370 e. The molecule has 0 radical (unpaired) electrons. The standard InChI is InChI=1S/C19H33N5O2S.HI/c1-4-24-11-5-6-18(24)13-22-19(20)21-12-16-7-9-17(10-8-16)14-27(25,26)23-15(2)3;/h7-10,15,18,23H,4-6,11-14H2,1-3H3,(H3,20,21,22);1H. The van der Waals surface area contributed by atoms with E-state index in [0.29, 0.717) is 18.5 Å². The maximum Gasteiger partial charge on any atom is 0.216 e. The summed E-state index contributed by atoms with van der Waals surface area (Å²) in [5, 5.41) is 3.22. The van der Waals surface area contributed by atoms with Crippen molar-refractivity contribution in [2.24, 2.45) is 10.7 Å². The zero-order valence-electron chi connectivity index (χ0n) is 17.0. The van der Waals surface area contributed by atoms with Gasteiger partial charge >= 0.3 is 0 Å². The number of nitrogens with one attached hydrogen (secondary N) is 2. The Bertz CT molecular complexity index is 722. The van der Waals surface area contributed by atoms with Crippen molar-refractivity contribution in [1.82, 2.24) is 14.9 Å². The summed E-state index contributed by atoms with van der Waals surface area (Å²) >= 11 is 0. The molecule has 7 nitrogen and oxygen atoms in total. The highest BCUT2D eigenvalue weighted by molar-refractivity contribution is 14.0. The lowest BCUT2D eigenvalue weighted by Crippen LogP contribution is -2.42. The van der Waals surface area contributed by atoms with E-state index in [2.05, 4.69) is 26.9 Å². The first-order valence-electron chi connectivity index (χ1n) is 9.64. The van der Waals surface area contributed by atoms with Crippen LogP contribution in [0.4, 0.5) is 0 Å². The predicted molar refractivity (Wildman–Crippen MR) is 126 cm³/mol. The van der Waals surface area contributed by atoms with Crippen molar-refractivity contribution in [2.45, 2.75) is 58.0 Å². The van der Waals surface area contributed by atoms with Gasteiger partial charge < -0.3 is 11.1 Å². The second kappa shape index (κ2) is 11.9. The second-order valence-corrected chi connectivity index (χ2v) is 9.11. The van der Waals surface area contributed by atoms with Crippen LogP contribution in [0.15, 0.2) is 29.3 Å². The number of nitrogens with zero attached hydrogens (tertiary/aromatic N) is 2. The normalized spacial score (nSPS) is 18.3. The molecule has 160 valence electrons. The minimum absolute atomic E-state index is 0. The summed E-state index contributed by atoms with van der Waals surface area (Å²) in [7, 11) is -3.31. The highest BCUT2D eigenvalue weighted by Crippen LogP contribution is 2.15. The van der Waals surface area contributed by atoms with Gasteiger partial charge in [-0.2, -0.15) is 0 Å². The highest BCUT2D eigenvalue weighted by Gasteiger charge is 2.22. The SMILES string of the molecule is CCN1CCCC1CNC(N)=NCc1ccc(CS(=O)(=O)NC(C)C)cc1.I. The third-order valence-corrected chi connectivity index (χ3v) is 6.19. The lowest BCUT2D eigenvalue weighted by molar-refractivity contribution is 0.267. The third-order valence-electron chi connectivity index (χ3n) is 4.65. The zero-order valence-corrected chi connectivity index (χ0v) is 20.2. The van der Waals surface area contributed by atoms with E-state index < -0.39 is 10.0 Å². The van der Waals surface area contributed by atoms with Gasteiger partial charge in [-0.05, 0) is 50.9 Å². The molecule has 1 aromatic carbocycles. The molecular formula is C19H34IN5O2S. The molecule has 0 amide bonds. The molecule has 0 saturated carbocycles. The molecule has 1 aliphatic heterocycles. The molecule has 2 rings (SSSR count). The Morgan fingerprint density at radius 2 is 1.93 bits per heavy atom. The van der Waals surface area contributed by atoms with Crippen LogP contribution in [0.3, 0.4) is 0 Å².